The van der Waals surface area contributed by atoms with Crippen LogP contribution in [-0.2, 0) is 9.59 Å². The average Bonchev–Trinajstić information content (AvgIpc) is 2.73. The van der Waals surface area contributed by atoms with Crippen LogP contribution in [0, 0.1) is 0 Å². The molecule has 0 aromatic heterocycles. The molecule has 2 aliphatic heterocycles. The van der Waals surface area contributed by atoms with Crippen LogP contribution in [0.2, 0.25) is 0 Å². The summed E-state index contributed by atoms with van der Waals surface area (Å²) >= 11 is 0. The van der Waals surface area contributed by atoms with Crippen molar-refractivity contribution in [1.29, 1.82) is 0 Å². The first-order chi connectivity index (χ1) is 13.4. The Hall–Kier alpha value is -2.90. The Kier molecular flexibility index (Phi) is 5.96. The van der Waals surface area contributed by atoms with Gasteiger partial charge in [-0.05, 0) is 18.2 Å². The van der Waals surface area contributed by atoms with Crippen molar-refractivity contribution in [2.45, 2.75) is 13.8 Å². The highest BCUT2D eigenvalue weighted by molar-refractivity contribution is 5.99. The predicted octanol–water partition coefficient (Wildman–Crippen LogP) is 0.295. The Labute approximate surface area is 164 Å². The van der Waals surface area contributed by atoms with Crippen molar-refractivity contribution in [2.75, 3.05) is 52.4 Å². The van der Waals surface area contributed by atoms with Gasteiger partial charge in [-0.15, -0.1) is 0 Å². The van der Waals surface area contributed by atoms with Crippen molar-refractivity contribution >= 4 is 23.6 Å². The standard InChI is InChI=1S/C20H26N4O4/c1-15(25)21-6-10-23(11-7-21)19(27)17-4-3-5-18(14-17)20(28)24-12-8-22(9-13-24)16(2)26/h3-5,14H,6-13H2,1-2H3. The second-order valence-corrected chi connectivity index (χ2v) is 7.18. The van der Waals surface area contributed by atoms with Gasteiger partial charge < -0.3 is 19.6 Å². The number of carbonyl (C=O) groups excluding carboxylic acids is 4. The molecule has 4 amide bonds. The lowest BCUT2D eigenvalue weighted by atomic mass is 10.1. The smallest absolute Gasteiger partial charge is 0.253 e. The van der Waals surface area contributed by atoms with Crippen LogP contribution >= 0.6 is 0 Å². The van der Waals surface area contributed by atoms with E-state index in [0.717, 1.165) is 0 Å². The fourth-order valence-electron chi connectivity index (χ4n) is 3.60. The van der Waals surface area contributed by atoms with Crippen molar-refractivity contribution in [2.24, 2.45) is 0 Å². The Morgan fingerprint density at radius 2 is 0.929 bits per heavy atom. The SMILES string of the molecule is CC(=O)N1CCN(C(=O)c2cccc(C(=O)N3CCN(C(C)=O)CC3)c2)CC1. The highest BCUT2D eigenvalue weighted by Gasteiger charge is 2.26. The molecule has 3 rings (SSSR count). The third-order valence-electron chi connectivity index (χ3n) is 5.38. The fourth-order valence-corrected chi connectivity index (χ4v) is 3.60. The highest BCUT2D eigenvalue weighted by Crippen LogP contribution is 2.14. The lowest BCUT2D eigenvalue weighted by Gasteiger charge is -2.35. The number of rotatable bonds is 2. The number of hydrogen-bond donors (Lipinski definition) is 0. The van der Waals surface area contributed by atoms with Crippen LogP contribution in [0.3, 0.4) is 0 Å². The molecule has 0 N–H and O–H groups in total. The van der Waals surface area contributed by atoms with E-state index < -0.39 is 0 Å². The van der Waals surface area contributed by atoms with Crippen LogP contribution in [-0.4, -0.2) is 95.6 Å². The van der Waals surface area contributed by atoms with Crippen molar-refractivity contribution in [3.63, 3.8) is 0 Å². The first kappa shape index (κ1) is 19.9. The van der Waals surface area contributed by atoms with Gasteiger partial charge in [0, 0.05) is 77.3 Å². The molecule has 2 heterocycles. The van der Waals surface area contributed by atoms with Crippen LogP contribution in [0.4, 0.5) is 0 Å². The van der Waals surface area contributed by atoms with Crippen LogP contribution in [0.15, 0.2) is 24.3 Å². The molecule has 0 spiro atoms. The van der Waals surface area contributed by atoms with E-state index in [1.54, 1.807) is 43.9 Å². The van der Waals surface area contributed by atoms with E-state index in [1.807, 2.05) is 0 Å². The van der Waals surface area contributed by atoms with Gasteiger partial charge in [0.25, 0.3) is 11.8 Å². The van der Waals surface area contributed by atoms with Crippen LogP contribution < -0.4 is 0 Å². The average molecular weight is 386 g/mol. The Balaban J connectivity index is 1.64. The molecule has 2 saturated heterocycles. The summed E-state index contributed by atoms with van der Waals surface area (Å²) in [5, 5.41) is 0. The van der Waals surface area contributed by atoms with Crippen LogP contribution in [0.5, 0.6) is 0 Å². The summed E-state index contributed by atoms with van der Waals surface area (Å²) in [6, 6.07) is 6.78. The first-order valence-electron chi connectivity index (χ1n) is 9.56. The lowest BCUT2D eigenvalue weighted by Crippen LogP contribution is -2.50. The van der Waals surface area contributed by atoms with Gasteiger partial charge in [0.2, 0.25) is 11.8 Å². The molecule has 0 radical (unpaired) electrons. The van der Waals surface area contributed by atoms with E-state index in [0.29, 0.717) is 63.5 Å². The maximum Gasteiger partial charge on any atom is 0.253 e. The largest absolute Gasteiger partial charge is 0.339 e. The molecule has 2 fully saturated rings. The number of benzene rings is 1. The van der Waals surface area contributed by atoms with Gasteiger partial charge >= 0.3 is 0 Å². The van der Waals surface area contributed by atoms with E-state index in [4.69, 9.17) is 0 Å². The fraction of sp³-hybridized carbons (Fsp3) is 0.500. The minimum atomic E-state index is -0.126. The normalized spacial score (nSPS) is 17.5. The van der Waals surface area contributed by atoms with Crippen molar-refractivity contribution < 1.29 is 19.2 Å². The third kappa shape index (κ3) is 4.32. The molecular formula is C20H26N4O4. The summed E-state index contributed by atoms with van der Waals surface area (Å²) in [4.78, 5) is 55.3. The molecule has 1 aromatic carbocycles. The topological polar surface area (TPSA) is 81.2 Å². The monoisotopic (exact) mass is 386 g/mol. The van der Waals surface area contributed by atoms with E-state index in [9.17, 15) is 19.2 Å². The maximum absolute atomic E-state index is 12.8. The van der Waals surface area contributed by atoms with Crippen LogP contribution in [0.1, 0.15) is 34.6 Å². The molecule has 0 saturated carbocycles. The summed E-state index contributed by atoms with van der Waals surface area (Å²) < 4.78 is 0. The molecule has 1 aromatic rings. The summed E-state index contributed by atoms with van der Waals surface area (Å²) in [5.74, 6) is -0.215. The van der Waals surface area contributed by atoms with Gasteiger partial charge in [-0.25, -0.2) is 0 Å². The minimum absolute atomic E-state index is 0.0181. The Morgan fingerprint density at radius 3 is 1.25 bits per heavy atom. The summed E-state index contributed by atoms with van der Waals surface area (Å²) in [7, 11) is 0. The molecular weight excluding hydrogens is 360 g/mol. The second-order valence-electron chi connectivity index (χ2n) is 7.18. The zero-order valence-electron chi connectivity index (χ0n) is 16.4. The third-order valence-corrected chi connectivity index (χ3v) is 5.38. The number of piperazine rings is 2. The number of carbonyl (C=O) groups is 4. The van der Waals surface area contributed by atoms with Crippen LogP contribution in [0.25, 0.3) is 0 Å². The zero-order chi connectivity index (χ0) is 20.3. The van der Waals surface area contributed by atoms with E-state index in [2.05, 4.69) is 0 Å². The van der Waals surface area contributed by atoms with Crippen molar-refractivity contribution in [1.82, 2.24) is 19.6 Å². The molecule has 0 unspecified atom stereocenters. The summed E-state index contributed by atoms with van der Waals surface area (Å²) in [6.45, 7) is 7.13. The molecule has 150 valence electrons. The van der Waals surface area contributed by atoms with E-state index in [1.165, 1.54) is 13.8 Å². The second kappa shape index (κ2) is 8.41. The summed E-state index contributed by atoms with van der Waals surface area (Å²) in [6.07, 6.45) is 0. The number of amides is 4. The predicted molar refractivity (Wildman–Crippen MR) is 103 cm³/mol. The van der Waals surface area contributed by atoms with Gasteiger partial charge in [-0.3, -0.25) is 19.2 Å². The van der Waals surface area contributed by atoms with Gasteiger partial charge in [0.1, 0.15) is 0 Å². The number of hydrogen-bond acceptors (Lipinski definition) is 4. The van der Waals surface area contributed by atoms with E-state index >= 15 is 0 Å². The molecule has 0 bridgehead atoms. The molecule has 0 atom stereocenters. The summed E-state index contributed by atoms with van der Waals surface area (Å²) in [5.41, 5.74) is 0.953. The van der Waals surface area contributed by atoms with Crippen molar-refractivity contribution in [3.8, 4) is 0 Å². The zero-order valence-corrected chi connectivity index (χ0v) is 16.4. The Bertz CT molecular complexity index is 717. The highest BCUT2D eigenvalue weighted by atomic mass is 16.2. The molecule has 28 heavy (non-hydrogen) atoms. The Morgan fingerprint density at radius 1 is 0.607 bits per heavy atom. The quantitative estimate of drug-likeness (QED) is 0.732. The maximum atomic E-state index is 12.8. The van der Waals surface area contributed by atoms with Gasteiger partial charge in [0.05, 0.1) is 0 Å². The van der Waals surface area contributed by atoms with E-state index in [-0.39, 0.29) is 23.6 Å². The molecule has 2 aliphatic rings. The molecule has 0 aliphatic carbocycles. The lowest BCUT2D eigenvalue weighted by molar-refractivity contribution is -0.131. The number of nitrogens with zero attached hydrogens (tertiary/aromatic N) is 4. The molecule has 8 heteroatoms. The van der Waals surface area contributed by atoms with Gasteiger partial charge in [-0.1, -0.05) is 6.07 Å². The van der Waals surface area contributed by atoms with Gasteiger partial charge in [-0.2, -0.15) is 0 Å². The minimum Gasteiger partial charge on any atom is -0.339 e. The first-order valence-corrected chi connectivity index (χ1v) is 9.56. The molecule has 8 nitrogen and oxygen atoms in total. The van der Waals surface area contributed by atoms with Gasteiger partial charge in [0.15, 0.2) is 0 Å². The van der Waals surface area contributed by atoms with Crippen molar-refractivity contribution in [3.05, 3.63) is 35.4 Å².